The van der Waals surface area contributed by atoms with Crippen molar-refractivity contribution in [1.82, 2.24) is 0 Å². The van der Waals surface area contributed by atoms with Crippen molar-refractivity contribution in [2.75, 3.05) is 0 Å². The number of thiophene rings is 1. The molecule has 0 radical (unpaired) electrons. The van der Waals surface area contributed by atoms with E-state index in [1.807, 2.05) is 17.5 Å². The molecule has 1 heterocycles. The lowest BCUT2D eigenvalue weighted by Gasteiger charge is -2.29. The van der Waals surface area contributed by atoms with Crippen LogP contribution in [0.5, 0.6) is 0 Å². The molecule has 18 heavy (non-hydrogen) atoms. The van der Waals surface area contributed by atoms with E-state index in [1.165, 1.54) is 24.8 Å². The van der Waals surface area contributed by atoms with Gasteiger partial charge in [0.2, 0.25) is 0 Å². The van der Waals surface area contributed by atoms with Crippen molar-refractivity contribution in [3.8, 4) is 0 Å². The number of hydrogen-bond acceptors (Lipinski definition) is 2. The van der Waals surface area contributed by atoms with Gasteiger partial charge < -0.3 is 5.11 Å². The van der Waals surface area contributed by atoms with Crippen LogP contribution in [0.25, 0.3) is 0 Å². The molecule has 1 N–H and O–H groups in total. The molecule has 2 aromatic rings. The zero-order valence-corrected chi connectivity index (χ0v) is 12.4. The van der Waals surface area contributed by atoms with Crippen LogP contribution in [0.2, 0.25) is 0 Å². The molecule has 1 aromatic heterocycles. The summed E-state index contributed by atoms with van der Waals surface area (Å²) in [6.45, 7) is 0. The van der Waals surface area contributed by atoms with Crippen molar-refractivity contribution in [2.24, 2.45) is 0 Å². The topological polar surface area (TPSA) is 20.2 Å². The SMILES string of the molecule is OC(c1ccccc1C1CCC1)c1sccc1Br. The minimum absolute atomic E-state index is 0.504. The minimum Gasteiger partial charge on any atom is -0.383 e. The van der Waals surface area contributed by atoms with Crippen LogP contribution in [0, 0.1) is 0 Å². The molecule has 1 nitrogen and oxygen atoms in total. The number of aliphatic hydroxyl groups is 1. The molecule has 1 atom stereocenters. The van der Waals surface area contributed by atoms with E-state index < -0.39 is 6.10 Å². The van der Waals surface area contributed by atoms with Gasteiger partial charge in [-0.3, -0.25) is 0 Å². The van der Waals surface area contributed by atoms with E-state index in [9.17, 15) is 5.11 Å². The van der Waals surface area contributed by atoms with Gasteiger partial charge in [-0.1, -0.05) is 30.7 Å². The lowest BCUT2D eigenvalue weighted by atomic mass is 9.77. The van der Waals surface area contributed by atoms with Gasteiger partial charge in [-0.05, 0) is 57.3 Å². The maximum Gasteiger partial charge on any atom is 0.115 e. The Labute approximate surface area is 120 Å². The summed E-state index contributed by atoms with van der Waals surface area (Å²) in [5.74, 6) is 0.648. The van der Waals surface area contributed by atoms with Gasteiger partial charge in [-0.2, -0.15) is 0 Å². The number of aliphatic hydroxyl groups excluding tert-OH is 1. The first kappa shape index (κ1) is 12.4. The average molecular weight is 323 g/mol. The lowest BCUT2D eigenvalue weighted by Crippen LogP contribution is -2.13. The van der Waals surface area contributed by atoms with Gasteiger partial charge in [0, 0.05) is 4.47 Å². The van der Waals surface area contributed by atoms with Crippen LogP contribution in [0.1, 0.15) is 47.3 Å². The second-order valence-electron chi connectivity index (χ2n) is 4.79. The summed E-state index contributed by atoms with van der Waals surface area (Å²) in [6.07, 6.45) is 3.33. The van der Waals surface area contributed by atoms with E-state index in [4.69, 9.17) is 0 Å². The van der Waals surface area contributed by atoms with Crippen molar-refractivity contribution in [2.45, 2.75) is 31.3 Å². The molecule has 1 aliphatic carbocycles. The average Bonchev–Trinajstić information content (AvgIpc) is 2.73. The Morgan fingerprint density at radius 3 is 2.61 bits per heavy atom. The van der Waals surface area contributed by atoms with E-state index in [2.05, 4.69) is 34.1 Å². The van der Waals surface area contributed by atoms with E-state index in [0.29, 0.717) is 5.92 Å². The van der Waals surface area contributed by atoms with Gasteiger partial charge in [0.1, 0.15) is 6.10 Å². The van der Waals surface area contributed by atoms with Crippen LogP contribution < -0.4 is 0 Å². The van der Waals surface area contributed by atoms with Crippen LogP contribution in [0.4, 0.5) is 0 Å². The second-order valence-corrected chi connectivity index (χ2v) is 6.59. The summed E-state index contributed by atoms with van der Waals surface area (Å²) in [7, 11) is 0. The van der Waals surface area contributed by atoms with Crippen LogP contribution in [0.15, 0.2) is 40.2 Å². The minimum atomic E-state index is -0.504. The van der Waals surface area contributed by atoms with E-state index >= 15 is 0 Å². The van der Waals surface area contributed by atoms with E-state index in [0.717, 1.165) is 14.9 Å². The maximum atomic E-state index is 10.6. The molecule has 0 amide bonds. The summed E-state index contributed by atoms with van der Waals surface area (Å²) >= 11 is 5.11. The van der Waals surface area contributed by atoms with Crippen molar-refractivity contribution in [3.05, 3.63) is 56.2 Å². The van der Waals surface area contributed by atoms with Crippen molar-refractivity contribution < 1.29 is 5.11 Å². The molecule has 0 spiro atoms. The van der Waals surface area contributed by atoms with Gasteiger partial charge in [0.15, 0.2) is 0 Å². The Kier molecular flexibility index (Phi) is 3.55. The third kappa shape index (κ3) is 2.15. The Balaban J connectivity index is 1.98. The predicted molar refractivity (Wildman–Crippen MR) is 79.1 cm³/mol. The highest BCUT2D eigenvalue weighted by atomic mass is 79.9. The smallest absolute Gasteiger partial charge is 0.115 e. The quantitative estimate of drug-likeness (QED) is 0.855. The van der Waals surface area contributed by atoms with Crippen molar-refractivity contribution in [1.29, 1.82) is 0 Å². The van der Waals surface area contributed by atoms with Gasteiger partial charge in [0.25, 0.3) is 0 Å². The Bertz CT molecular complexity index is 545. The maximum absolute atomic E-state index is 10.6. The normalized spacial score (nSPS) is 17.4. The van der Waals surface area contributed by atoms with Crippen LogP contribution in [-0.2, 0) is 0 Å². The highest BCUT2D eigenvalue weighted by molar-refractivity contribution is 9.10. The number of hydrogen-bond donors (Lipinski definition) is 1. The molecule has 0 bridgehead atoms. The van der Waals surface area contributed by atoms with Crippen LogP contribution in [0.3, 0.4) is 0 Å². The van der Waals surface area contributed by atoms with E-state index in [1.54, 1.807) is 11.3 Å². The lowest BCUT2D eigenvalue weighted by molar-refractivity contribution is 0.220. The fraction of sp³-hybridized carbons (Fsp3) is 0.333. The van der Waals surface area contributed by atoms with E-state index in [-0.39, 0.29) is 0 Å². The summed E-state index contributed by atoms with van der Waals surface area (Å²) < 4.78 is 1.00. The summed E-state index contributed by atoms with van der Waals surface area (Å²) in [4.78, 5) is 1.00. The van der Waals surface area contributed by atoms with Crippen molar-refractivity contribution >= 4 is 27.3 Å². The van der Waals surface area contributed by atoms with Gasteiger partial charge >= 0.3 is 0 Å². The van der Waals surface area contributed by atoms with Crippen LogP contribution >= 0.6 is 27.3 Å². The third-order valence-electron chi connectivity index (χ3n) is 3.73. The Morgan fingerprint density at radius 2 is 2.00 bits per heavy atom. The molecule has 1 aromatic carbocycles. The predicted octanol–water partition coefficient (Wildman–Crippen LogP) is 4.86. The van der Waals surface area contributed by atoms with Gasteiger partial charge in [-0.25, -0.2) is 0 Å². The zero-order valence-electron chi connectivity index (χ0n) is 9.97. The Morgan fingerprint density at radius 1 is 1.22 bits per heavy atom. The van der Waals surface area contributed by atoms with Crippen molar-refractivity contribution in [3.63, 3.8) is 0 Å². The zero-order chi connectivity index (χ0) is 12.5. The molecule has 1 unspecified atom stereocenters. The molecular weight excluding hydrogens is 308 g/mol. The highest BCUT2D eigenvalue weighted by Crippen LogP contribution is 2.42. The molecule has 94 valence electrons. The van der Waals surface area contributed by atoms with Crippen LogP contribution in [-0.4, -0.2) is 5.11 Å². The first-order chi connectivity index (χ1) is 8.77. The first-order valence-corrected chi connectivity index (χ1v) is 7.94. The highest BCUT2D eigenvalue weighted by Gasteiger charge is 2.25. The Hall–Kier alpha value is -0.640. The van der Waals surface area contributed by atoms with Gasteiger partial charge in [0.05, 0.1) is 4.88 Å². The summed E-state index contributed by atoms with van der Waals surface area (Å²) in [5.41, 5.74) is 2.40. The number of benzene rings is 1. The molecule has 3 heteroatoms. The monoisotopic (exact) mass is 322 g/mol. The molecule has 1 fully saturated rings. The summed E-state index contributed by atoms with van der Waals surface area (Å²) in [6, 6.07) is 10.3. The third-order valence-corrected chi connectivity index (χ3v) is 5.65. The fourth-order valence-electron chi connectivity index (χ4n) is 2.49. The molecule has 1 aliphatic rings. The van der Waals surface area contributed by atoms with Gasteiger partial charge in [-0.15, -0.1) is 11.3 Å². The molecule has 3 rings (SSSR count). The molecule has 0 aliphatic heterocycles. The standard InChI is InChI=1S/C15H15BrOS/c16-13-8-9-18-15(13)14(17)12-7-2-1-6-11(12)10-4-3-5-10/h1-2,6-10,14,17H,3-5H2. The molecule has 1 saturated carbocycles. The molecule has 0 saturated heterocycles. The largest absolute Gasteiger partial charge is 0.383 e. The first-order valence-electron chi connectivity index (χ1n) is 6.27. The number of halogens is 1. The second kappa shape index (κ2) is 5.16. The summed E-state index contributed by atoms with van der Waals surface area (Å²) in [5, 5.41) is 12.6. The molecular formula is C15H15BrOS. The fourth-order valence-corrected chi connectivity index (χ4v) is 4.08. The number of rotatable bonds is 3.